The smallest absolute Gasteiger partial charge is 0.264 e. The number of aromatic nitrogens is 2. The number of methoxy groups -OCH3 is 1. The molecule has 0 amide bonds. The Morgan fingerprint density at radius 2 is 1.92 bits per heavy atom. The minimum Gasteiger partial charge on any atom is -0.493 e. The normalized spacial score (nSPS) is 10.5. The zero-order chi connectivity index (χ0) is 17.8. The van der Waals surface area contributed by atoms with Crippen molar-refractivity contribution in [2.45, 2.75) is 20.5 Å². The highest BCUT2D eigenvalue weighted by atomic mass is 16.5. The van der Waals surface area contributed by atoms with E-state index in [1.165, 1.54) is 18.2 Å². The molecule has 3 rings (SSSR count). The first-order chi connectivity index (χ1) is 12.1. The lowest BCUT2D eigenvalue weighted by atomic mass is 10.1. The fraction of sp³-hybridized carbons (Fsp3) is 0.211. The monoisotopic (exact) mass is 338 g/mol. The van der Waals surface area contributed by atoms with Gasteiger partial charge in [-0.05, 0) is 49.2 Å². The Kier molecular flexibility index (Phi) is 4.79. The second kappa shape index (κ2) is 7.17. The lowest BCUT2D eigenvalue weighted by Gasteiger charge is -2.09. The Labute approximate surface area is 145 Å². The quantitative estimate of drug-likeness (QED) is 0.637. The van der Waals surface area contributed by atoms with Crippen molar-refractivity contribution in [3.05, 3.63) is 59.0 Å². The molecule has 0 saturated carbocycles. The van der Waals surface area contributed by atoms with E-state index in [0.29, 0.717) is 28.8 Å². The van der Waals surface area contributed by atoms with Gasteiger partial charge < -0.3 is 14.0 Å². The molecule has 1 aromatic heterocycles. The van der Waals surface area contributed by atoms with Crippen LogP contribution in [-0.2, 0) is 6.61 Å². The van der Waals surface area contributed by atoms with Gasteiger partial charge in [0.25, 0.3) is 5.89 Å². The Morgan fingerprint density at radius 3 is 2.64 bits per heavy atom. The summed E-state index contributed by atoms with van der Waals surface area (Å²) in [6.07, 6.45) is 0.750. The molecule has 0 unspecified atom stereocenters. The van der Waals surface area contributed by atoms with Crippen molar-refractivity contribution in [2.75, 3.05) is 7.11 Å². The predicted octanol–water partition coefficient (Wildman–Crippen LogP) is 3.75. The number of benzene rings is 2. The third kappa shape index (κ3) is 3.68. The molecule has 2 aromatic carbocycles. The molecule has 0 fully saturated rings. The summed E-state index contributed by atoms with van der Waals surface area (Å²) < 4.78 is 16.1. The van der Waals surface area contributed by atoms with Crippen LogP contribution in [0.4, 0.5) is 0 Å². The molecule has 128 valence electrons. The SMILES string of the molecule is COc1cc(C=O)ccc1OCc1nc(-c2ccc(C)c(C)c2)no1. The van der Waals surface area contributed by atoms with Crippen LogP contribution < -0.4 is 9.47 Å². The lowest BCUT2D eigenvalue weighted by molar-refractivity contribution is 0.112. The molecule has 6 nitrogen and oxygen atoms in total. The topological polar surface area (TPSA) is 74.5 Å². The van der Waals surface area contributed by atoms with Gasteiger partial charge in [0, 0.05) is 11.1 Å². The van der Waals surface area contributed by atoms with E-state index in [2.05, 4.69) is 17.1 Å². The highest BCUT2D eigenvalue weighted by molar-refractivity contribution is 5.76. The molecule has 0 atom stereocenters. The molecule has 1 heterocycles. The number of carbonyl (C=O) groups excluding carboxylic acids is 1. The lowest BCUT2D eigenvalue weighted by Crippen LogP contribution is -1.98. The van der Waals surface area contributed by atoms with E-state index in [4.69, 9.17) is 14.0 Å². The molecule has 0 bridgehead atoms. The third-order valence-electron chi connectivity index (χ3n) is 3.91. The van der Waals surface area contributed by atoms with Gasteiger partial charge in [0.05, 0.1) is 7.11 Å². The first-order valence-electron chi connectivity index (χ1n) is 7.77. The summed E-state index contributed by atoms with van der Waals surface area (Å²) in [5, 5.41) is 4.00. The van der Waals surface area contributed by atoms with Crippen LogP contribution in [-0.4, -0.2) is 23.5 Å². The number of hydrogen-bond donors (Lipinski definition) is 0. The maximum absolute atomic E-state index is 10.8. The van der Waals surface area contributed by atoms with Crippen LogP contribution in [0.3, 0.4) is 0 Å². The Hall–Kier alpha value is -3.15. The van der Waals surface area contributed by atoms with Crippen molar-refractivity contribution in [3.63, 3.8) is 0 Å². The Morgan fingerprint density at radius 1 is 1.08 bits per heavy atom. The summed E-state index contributed by atoms with van der Waals surface area (Å²) in [6.45, 7) is 4.20. The highest BCUT2D eigenvalue weighted by Crippen LogP contribution is 2.28. The van der Waals surface area contributed by atoms with E-state index in [1.807, 2.05) is 25.1 Å². The van der Waals surface area contributed by atoms with Crippen LogP contribution in [0.15, 0.2) is 40.9 Å². The van der Waals surface area contributed by atoms with Crippen LogP contribution in [0.5, 0.6) is 11.5 Å². The zero-order valence-electron chi connectivity index (χ0n) is 14.3. The van der Waals surface area contributed by atoms with Crippen LogP contribution in [0.25, 0.3) is 11.4 Å². The largest absolute Gasteiger partial charge is 0.493 e. The van der Waals surface area contributed by atoms with Gasteiger partial charge in [-0.25, -0.2) is 0 Å². The molecule has 0 saturated heterocycles. The Balaban J connectivity index is 1.74. The molecule has 0 aliphatic carbocycles. The van der Waals surface area contributed by atoms with Crippen molar-refractivity contribution in [3.8, 4) is 22.9 Å². The molecule has 6 heteroatoms. The minimum absolute atomic E-state index is 0.106. The molecule has 0 radical (unpaired) electrons. The predicted molar refractivity (Wildman–Crippen MR) is 91.9 cm³/mol. The zero-order valence-corrected chi connectivity index (χ0v) is 14.3. The van der Waals surface area contributed by atoms with Crippen LogP contribution in [0, 0.1) is 13.8 Å². The Bertz CT molecular complexity index is 902. The fourth-order valence-electron chi connectivity index (χ4n) is 2.33. The number of hydrogen-bond acceptors (Lipinski definition) is 6. The van der Waals surface area contributed by atoms with Gasteiger partial charge >= 0.3 is 0 Å². The summed E-state index contributed by atoms with van der Waals surface area (Å²) in [4.78, 5) is 15.2. The van der Waals surface area contributed by atoms with Gasteiger partial charge in [0.2, 0.25) is 5.82 Å². The highest BCUT2D eigenvalue weighted by Gasteiger charge is 2.12. The van der Waals surface area contributed by atoms with E-state index < -0.39 is 0 Å². The molecular formula is C19H18N2O4. The van der Waals surface area contributed by atoms with Gasteiger partial charge in [-0.2, -0.15) is 4.98 Å². The van der Waals surface area contributed by atoms with E-state index in [1.54, 1.807) is 18.2 Å². The van der Waals surface area contributed by atoms with E-state index in [-0.39, 0.29) is 6.61 Å². The minimum atomic E-state index is 0.106. The average molecular weight is 338 g/mol. The van der Waals surface area contributed by atoms with Crippen molar-refractivity contribution in [1.82, 2.24) is 10.1 Å². The average Bonchev–Trinajstić information content (AvgIpc) is 3.11. The van der Waals surface area contributed by atoms with Crippen molar-refractivity contribution in [1.29, 1.82) is 0 Å². The number of aryl methyl sites for hydroxylation is 2. The maximum atomic E-state index is 10.8. The van der Waals surface area contributed by atoms with E-state index in [0.717, 1.165) is 11.8 Å². The first-order valence-corrected chi connectivity index (χ1v) is 7.77. The summed E-state index contributed by atoms with van der Waals surface area (Å²) in [6, 6.07) is 10.9. The summed E-state index contributed by atoms with van der Waals surface area (Å²) in [5.74, 6) is 1.84. The summed E-state index contributed by atoms with van der Waals surface area (Å²) in [7, 11) is 1.52. The fourth-order valence-corrected chi connectivity index (χ4v) is 2.33. The molecule has 3 aromatic rings. The second-order valence-corrected chi connectivity index (χ2v) is 5.63. The molecular weight excluding hydrogens is 320 g/mol. The molecule has 25 heavy (non-hydrogen) atoms. The van der Waals surface area contributed by atoms with Crippen molar-refractivity contribution < 1.29 is 18.8 Å². The van der Waals surface area contributed by atoms with Crippen LogP contribution in [0.2, 0.25) is 0 Å². The van der Waals surface area contributed by atoms with E-state index in [9.17, 15) is 4.79 Å². The molecule has 0 spiro atoms. The summed E-state index contributed by atoms with van der Waals surface area (Å²) in [5.41, 5.74) is 3.78. The standard InChI is InChI=1S/C19H18N2O4/c1-12-4-6-15(8-13(12)2)19-20-18(25-21-19)11-24-16-7-5-14(10-22)9-17(16)23-3/h4-10H,11H2,1-3H3. The number of rotatable bonds is 6. The third-order valence-corrected chi connectivity index (χ3v) is 3.91. The van der Waals surface area contributed by atoms with Gasteiger partial charge in [-0.3, -0.25) is 4.79 Å². The van der Waals surface area contributed by atoms with Crippen molar-refractivity contribution >= 4 is 6.29 Å². The van der Waals surface area contributed by atoms with Crippen LogP contribution in [0.1, 0.15) is 27.4 Å². The van der Waals surface area contributed by atoms with Crippen LogP contribution >= 0.6 is 0 Å². The number of nitrogens with zero attached hydrogens (tertiary/aromatic N) is 2. The maximum Gasteiger partial charge on any atom is 0.264 e. The number of ether oxygens (including phenoxy) is 2. The molecule has 0 aliphatic heterocycles. The van der Waals surface area contributed by atoms with E-state index >= 15 is 0 Å². The van der Waals surface area contributed by atoms with Gasteiger partial charge in [-0.1, -0.05) is 17.3 Å². The second-order valence-electron chi connectivity index (χ2n) is 5.63. The number of carbonyl (C=O) groups is 1. The number of aldehydes is 1. The van der Waals surface area contributed by atoms with Crippen molar-refractivity contribution in [2.24, 2.45) is 0 Å². The van der Waals surface area contributed by atoms with Gasteiger partial charge in [0.1, 0.15) is 6.29 Å². The van der Waals surface area contributed by atoms with Gasteiger partial charge in [-0.15, -0.1) is 0 Å². The summed E-state index contributed by atoms with van der Waals surface area (Å²) >= 11 is 0. The molecule has 0 aliphatic rings. The molecule has 0 N–H and O–H groups in total. The van der Waals surface area contributed by atoms with Gasteiger partial charge in [0.15, 0.2) is 18.1 Å². The first kappa shape index (κ1) is 16.7.